The van der Waals surface area contributed by atoms with Crippen molar-refractivity contribution in [2.45, 2.75) is 11.1 Å². The first-order chi connectivity index (χ1) is 8.19. The molecule has 0 amide bonds. The van der Waals surface area contributed by atoms with Gasteiger partial charge in [0.15, 0.2) is 5.78 Å². The molecule has 2 heterocycles. The smallest absolute Gasteiger partial charge is 0.170 e. The van der Waals surface area contributed by atoms with Gasteiger partial charge in [-0.05, 0) is 24.6 Å². The number of carbonyl (C=O) groups is 1. The predicted molar refractivity (Wildman–Crippen MR) is 74.1 cm³/mol. The number of nitriles is 1. The maximum atomic E-state index is 11.7. The Hall–Kier alpha value is -1.09. The van der Waals surface area contributed by atoms with Crippen LogP contribution >= 0.6 is 34.4 Å². The summed E-state index contributed by atoms with van der Waals surface area (Å²) in [5.41, 5.74) is 1.44. The molecule has 0 aliphatic rings. The molecule has 86 valence electrons. The number of nitrogens with zero attached hydrogens (tertiary/aromatic N) is 1. The minimum Gasteiger partial charge on any atom is -0.294 e. The number of ketones is 1. The highest BCUT2D eigenvalue weighted by molar-refractivity contribution is 8.00. The Labute approximate surface area is 112 Å². The van der Waals surface area contributed by atoms with E-state index in [1.54, 1.807) is 18.3 Å². The van der Waals surface area contributed by atoms with Crippen molar-refractivity contribution in [2.24, 2.45) is 0 Å². The maximum absolute atomic E-state index is 11.7. The van der Waals surface area contributed by atoms with E-state index in [9.17, 15) is 10.1 Å². The summed E-state index contributed by atoms with van der Waals surface area (Å²) >= 11 is 4.49. The van der Waals surface area contributed by atoms with Gasteiger partial charge in [-0.1, -0.05) is 6.07 Å². The highest BCUT2D eigenvalue weighted by atomic mass is 32.2. The summed E-state index contributed by atoms with van der Waals surface area (Å²) in [7, 11) is 0. The van der Waals surface area contributed by atoms with Crippen LogP contribution in [0.1, 0.15) is 22.2 Å². The van der Waals surface area contributed by atoms with Crippen LogP contribution in [0.3, 0.4) is 0 Å². The van der Waals surface area contributed by atoms with Gasteiger partial charge in [-0.25, -0.2) is 0 Å². The Kier molecular flexibility index (Phi) is 3.67. The lowest BCUT2D eigenvalue weighted by atomic mass is 10.1. The van der Waals surface area contributed by atoms with Crippen molar-refractivity contribution in [3.63, 3.8) is 0 Å². The molecule has 17 heavy (non-hydrogen) atoms. The first kappa shape index (κ1) is 12.4. The third kappa shape index (κ3) is 2.16. The highest BCUT2D eigenvalue weighted by Crippen LogP contribution is 2.42. The number of carbonyl (C=O) groups excluding carboxylic acids is 1. The molecular weight excluding hydrogens is 270 g/mol. The van der Waals surface area contributed by atoms with Gasteiger partial charge >= 0.3 is 0 Å². The monoisotopic (exact) mass is 279 g/mol. The van der Waals surface area contributed by atoms with Crippen LogP contribution in [0.2, 0.25) is 0 Å². The molecule has 2 rings (SSSR count). The Balaban J connectivity index is 2.75. The molecule has 0 saturated carbocycles. The molecule has 2 aromatic rings. The van der Waals surface area contributed by atoms with E-state index in [2.05, 4.69) is 6.07 Å². The van der Waals surface area contributed by atoms with Crippen LogP contribution < -0.4 is 0 Å². The molecule has 2 nitrogen and oxygen atoms in total. The van der Waals surface area contributed by atoms with Crippen LogP contribution in [-0.2, 0) is 0 Å². The minimum atomic E-state index is 0.0233. The zero-order valence-electron chi connectivity index (χ0n) is 9.31. The van der Waals surface area contributed by atoms with Gasteiger partial charge in [-0.3, -0.25) is 4.79 Å². The third-order valence-electron chi connectivity index (χ3n) is 2.26. The molecule has 0 spiro atoms. The van der Waals surface area contributed by atoms with Gasteiger partial charge in [-0.15, -0.1) is 34.4 Å². The van der Waals surface area contributed by atoms with Gasteiger partial charge in [0.05, 0.1) is 14.6 Å². The standard InChI is InChI=1S/C12H9NOS3/c1-7(14)11-10(9-4-3-5-16-9)8(6-13)12(15-2)17-11/h3-5H,1-2H3. The van der Waals surface area contributed by atoms with Crippen molar-refractivity contribution in [2.75, 3.05) is 6.26 Å². The van der Waals surface area contributed by atoms with E-state index < -0.39 is 0 Å². The van der Waals surface area contributed by atoms with Gasteiger partial charge in [0.1, 0.15) is 6.07 Å². The Morgan fingerprint density at radius 3 is 2.76 bits per heavy atom. The summed E-state index contributed by atoms with van der Waals surface area (Å²) in [4.78, 5) is 13.3. The van der Waals surface area contributed by atoms with Gasteiger partial charge in [0, 0.05) is 10.4 Å². The summed E-state index contributed by atoms with van der Waals surface area (Å²) in [5, 5.41) is 11.2. The molecule has 0 bridgehead atoms. The molecule has 0 aliphatic carbocycles. The summed E-state index contributed by atoms with van der Waals surface area (Å²) in [6.07, 6.45) is 1.93. The van der Waals surface area contributed by atoms with E-state index in [4.69, 9.17) is 0 Å². The zero-order chi connectivity index (χ0) is 12.4. The number of rotatable bonds is 3. The van der Waals surface area contributed by atoms with Crippen molar-refractivity contribution in [1.29, 1.82) is 5.26 Å². The van der Waals surface area contributed by atoms with E-state index in [-0.39, 0.29) is 5.78 Å². The third-order valence-corrected chi connectivity index (χ3v) is 5.56. The Morgan fingerprint density at radius 1 is 1.53 bits per heavy atom. The first-order valence-electron chi connectivity index (χ1n) is 4.84. The quantitative estimate of drug-likeness (QED) is 0.622. The molecule has 5 heteroatoms. The van der Waals surface area contributed by atoms with E-state index in [1.165, 1.54) is 23.1 Å². The van der Waals surface area contributed by atoms with E-state index in [0.717, 1.165) is 14.6 Å². The van der Waals surface area contributed by atoms with Crippen LogP contribution in [0.25, 0.3) is 10.4 Å². The zero-order valence-corrected chi connectivity index (χ0v) is 11.8. The summed E-state index contributed by atoms with van der Waals surface area (Å²) in [6.45, 7) is 1.55. The molecule has 0 saturated heterocycles. The lowest BCUT2D eigenvalue weighted by Crippen LogP contribution is -1.90. The van der Waals surface area contributed by atoms with Crippen LogP contribution in [0, 0.1) is 11.3 Å². The fraction of sp³-hybridized carbons (Fsp3) is 0.167. The lowest BCUT2D eigenvalue weighted by molar-refractivity contribution is 0.102. The van der Waals surface area contributed by atoms with Gasteiger partial charge in [-0.2, -0.15) is 5.26 Å². The number of thiophene rings is 2. The number of hydrogen-bond acceptors (Lipinski definition) is 5. The average molecular weight is 279 g/mol. The van der Waals surface area contributed by atoms with Gasteiger partial charge < -0.3 is 0 Å². The molecule has 0 N–H and O–H groups in total. The Morgan fingerprint density at radius 2 is 2.29 bits per heavy atom. The molecule has 0 fully saturated rings. The molecule has 0 unspecified atom stereocenters. The highest BCUT2D eigenvalue weighted by Gasteiger charge is 2.22. The summed E-state index contributed by atoms with van der Waals surface area (Å²) < 4.78 is 0.918. The summed E-state index contributed by atoms with van der Waals surface area (Å²) in [5.74, 6) is 0.0233. The van der Waals surface area contributed by atoms with Gasteiger partial charge in [0.25, 0.3) is 0 Å². The van der Waals surface area contributed by atoms with Crippen LogP contribution in [0.4, 0.5) is 0 Å². The number of thioether (sulfide) groups is 1. The number of Topliss-reactive ketones (excluding diaryl/α,β-unsaturated/α-hetero) is 1. The second-order valence-corrected chi connectivity index (χ2v) is 6.36. The van der Waals surface area contributed by atoms with Crippen molar-refractivity contribution in [3.05, 3.63) is 28.0 Å². The largest absolute Gasteiger partial charge is 0.294 e. The van der Waals surface area contributed by atoms with Crippen LogP contribution in [0.15, 0.2) is 21.7 Å². The van der Waals surface area contributed by atoms with Crippen LogP contribution in [0.5, 0.6) is 0 Å². The second-order valence-electron chi connectivity index (χ2n) is 3.32. The predicted octanol–water partition coefficient (Wildman–Crippen LogP) is 4.27. The fourth-order valence-electron chi connectivity index (χ4n) is 1.56. The SMILES string of the molecule is CSc1sc(C(C)=O)c(-c2cccs2)c1C#N. The maximum Gasteiger partial charge on any atom is 0.170 e. The Bertz CT molecular complexity index is 590. The molecular formula is C12H9NOS3. The topological polar surface area (TPSA) is 40.9 Å². The minimum absolute atomic E-state index is 0.0233. The molecule has 2 aromatic heterocycles. The van der Waals surface area contributed by atoms with Crippen molar-refractivity contribution < 1.29 is 4.79 Å². The van der Waals surface area contributed by atoms with Crippen molar-refractivity contribution in [3.8, 4) is 16.5 Å². The van der Waals surface area contributed by atoms with E-state index >= 15 is 0 Å². The normalized spacial score (nSPS) is 10.2. The van der Waals surface area contributed by atoms with Crippen molar-refractivity contribution >= 4 is 40.2 Å². The van der Waals surface area contributed by atoms with E-state index in [1.807, 2.05) is 23.8 Å². The molecule has 0 atom stereocenters. The van der Waals surface area contributed by atoms with E-state index in [0.29, 0.717) is 10.4 Å². The second kappa shape index (κ2) is 5.05. The lowest BCUT2D eigenvalue weighted by Gasteiger charge is -1.98. The summed E-state index contributed by atoms with van der Waals surface area (Å²) in [6, 6.07) is 6.10. The van der Waals surface area contributed by atoms with Gasteiger partial charge in [0.2, 0.25) is 0 Å². The van der Waals surface area contributed by atoms with Crippen LogP contribution in [-0.4, -0.2) is 12.0 Å². The van der Waals surface area contributed by atoms with Crippen molar-refractivity contribution in [1.82, 2.24) is 0 Å². The average Bonchev–Trinajstić information content (AvgIpc) is 2.94. The first-order valence-corrected chi connectivity index (χ1v) is 7.76. The molecule has 0 radical (unpaired) electrons. The molecule has 0 aromatic carbocycles. The fourth-order valence-corrected chi connectivity index (χ4v) is 4.24. The number of hydrogen-bond donors (Lipinski definition) is 0. The molecule has 0 aliphatic heterocycles.